The highest BCUT2D eigenvalue weighted by molar-refractivity contribution is 6.07. The van der Waals surface area contributed by atoms with Crippen molar-refractivity contribution in [1.82, 2.24) is 10.3 Å². The Morgan fingerprint density at radius 2 is 1.59 bits per heavy atom. The maximum Gasteiger partial charge on any atom is 0.246 e. The van der Waals surface area contributed by atoms with E-state index in [2.05, 4.69) is 17.5 Å². The van der Waals surface area contributed by atoms with E-state index in [-0.39, 0.29) is 29.7 Å². The molecule has 3 aliphatic rings. The van der Waals surface area contributed by atoms with Gasteiger partial charge in [-0.2, -0.15) is 5.10 Å². The van der Waals surface area contributed by atoms with Crippen LogP contribution in [0.3, 0.4) is 0 Å². The SMILES string of the molecule is COc1ccc(F)cc1CCCC1CCC(CCNCCCCCN2N=C(c3ccc(OC)c(OC)c3)C3CC=CCC3C2=O)O1. The van der Waals surface area contributed by atoms with Crippen molar-refractivity contribution in [1.29, 1.82) is 0 Å². The van der Waals surface area contributed by atoms with Crippen molar-refractivity contribution in [2.24, 2.45) is 16.9 Å². The summed E-state index contributed by atoms with van der Waals surface area (Å²) in [7, 11) is 4.90. The number of amides is 1. The molecule has 2 aliphatic heterocycles. The summed E-state index contributed by atoms with van der Waals surface area (Å²) in [5.41, 5.74) is 2.86. The fraction of sp³-hybridized carbons (Fsp3) is 0.568. The molecule has 2 aromatic carbocycles. The summed E-state index contributed by atoms with van der Waals surface area (Å²) >= 11 is 0. The van der Waals surface area contributed by atoms with Crippen LogP contribution in [0.4, 0.5) is 4.39 Å². The number of hydrogen-bond donors (Lipinski definition) is 1. The van der Waals surface area contributed by atoms with E-state index in [1.165, 1.54) is 6.07 Å². The average Bonchev–Trinajstić information content (AvgIpc) is 3.54. The summed E-state index contributed by atoms with van der Waals surface area (Å²) < 4.78 is 36.3. The summed E-state index contributed by atoms with van der Waals surface area (Å²) in [6, 6.07) is 10.6. The molecule has 0 saturated carbocycles. The molecule has 1 aliphatic carbocycles. The van der Waals surface area contributed by atoms with E-state index >= 15 is 0 Å². The van der Waals surface area contributed by atoms with Gasteiger partial charge in [-0.15, -0.1) is 0 Å². The van der Waals surface area contributed by atoms with Gasteiger partial charge in [0.25, 0.3) is 0 Å². The van der Waals surface area contributed by atoms with E-state index in [4.69, 9.17) is 24.0 Å². The van der Waals surface area contributed by atoms with Crippen LogP contribution in [0.2, 0.25) is 0 Å². The molecule has 250 valence electrons. The van der Waals surface area contributed by atoms with E-state index in [1.54, 1.807) is 38.5 Å². The van der Waals surface area contributed by atoms with Gasteiger partial charge in [0.15, 0.2) is 11.5 Å². The van der Waals surface area contributed by atoms with Crippen molar-refractivity contribution in [2.75, 3.05) is 41.0 Å². The van der Waals surface area contributed by atoms with Crippen molar-refractivity contribution in [2.45, 2.75) is 82.8 Å². The summed E-state index contributed by atoms with van der Waals surface area (Å²) in [5, 5.41) is 10.2. The number of hydrazone groups is 1. The Morgan fingerprint density at radius 3 is 2.37 bits per heavy atom. The van der Waals surface area contributed by atoms with E-state index in [0.29, 0.717) is 24.1 Å². The molecule has 1 N–H and O–H groups in total. The zero-order valence-corrected chi connectivity index (χ0v) is 27.6. The van der Waals surface area contributed by atoms with E-state index < -0.39 is 0 Å². The van der Waals surface area contributed by atoms with Crippen LogP contribution in [-0.4, -0.2) is 69.8 Å². The Labute approximate surface area is 273 Å². The molecule has 5 rings (SSSR count). The zero-order chi connectivity index (χ0) is 32.3. The Kier molecular flexibility index (Phi) is 12.5. The number of allylic oxidation sites excluding steroid dienone is 2. The van der Waals surface area contributed by atoms with Gasteiger partial charge < -0.3 is 24.3 Å². The quantitative estimate of drug-likeness (QED) is 0.154. The number of ether oxygens (including phenoxy) is 4. The van der Waals surface area contributed by atoms with E-state index in [9.17, 15) is 9.18 Å². The molecule has 1 amide bonds. The molecule has 4 atom stereocenters. The molecule has 4 unspecified atom stereocenters. The fourth-order valence-electron chi connectivity index (χ4n) is 7.01. The Bertz CT molecular complexity index is 1360. The van der Waals surface area contributed by atoms with Crippen LogP contribution in [0, 0.1) is 17.7 Å². The molecule has 0 spiro atoms. The minimum Gasteiger partial charge on any atom is -0.496 e. The molecule has 8 nitrogen and oxygen atoms in total. The van der Waals surface area contributed by atoms with Gasteiger partial charge in [0.1, 0.15) is 11.6 Å². The lowest BCUT2D eigenvalue weighted by atomic mass is 9.76. The summed E-state index contributed by atoms with van der Waals surface area (Å²) in [5.74, 6) is 2.03. The number of benzene rings is 2. The first-order chi connectivity index (χ1) is 22.5. The highest BCUT2D eigenvalue weighted by atomic mass is 19.1. The highest BCUT2D eigenvalue weighted by Crippen LogP contribution is 2.37. The Balaban J connectivity index is 0.991. The van der Waals surface area contributed by atoms with Crippen molar-refractivity contribution >= 4 is 11.6 Å². The number of nitrogens with zero attached hydrogens (tertiary/aromatic N) is 2. The lowest BCUT2D eigenvalue weighted by Gasteiger charge is -2.37. The fourth-order valence-corrected chi connectivity index (χ4v) is 7.01. The second-order valence-electron chi connectivity index (χ2n) is 12.6. The van der Waals surface area contributed by atoms with Crippen molar-refractivity contribution < 1.29 is 28.1 Å². The van der Waals surface area contributed by atoms with Crippen LogP contribution in [-0.2, 0) is 16.0 Å². The van der Waals surface area contributed by atoms with Crippen LogP contribution in [0.25, 0.3) is 0 Å². The van der Waals surface area contributed by atoms with Crippen LogP contribution in [0.5, 0.6) is 17.2 Å². The predicted octanol–water partition coefficient (Wildman–Crippen LogP) is 6.70. The maximum absolute atomic E-state index is 13.6. The maximum atomic E-state index is 13.6. The second-order valence-corrected chi connectivity index (χ2v) is 12.6. The molecule has 0 bridgehead atoms. The molecule has 2 aromatic rings. The van der Waals surface area contributed by atoms with Gasteiger partial charge in [-0.25, -0.2) is 9.40 Å². The largest absolute Gasteiger partial charge is 0.496 e. The van der Waals surface area contributed by atoms with Gasteiger partial charge in [0, 0.05) is 18.0 Å². The zero-order valence-electron chi connectivity index (χ0n) is 27.6. The number of fused-ring (bicyclic) bond motifs is 1. The number of nitrogens with one attached hydrogen (secondary N) is 1. The number of hydrogen-bond acceptors (Lipinski definition) is 7. The summed E-state index contributed by atoms with van der Waals surface area (Å²) in [6.07, 6.45) is 15.4. The lowest BCUT2D eigenvalue weighted by molar-refractivity contribution is -0.137. The van der Waals surface area contributed by atoms with Gasteiger partial charge >= 0.3 is 0 Å². The third-order valence-electron chi connectivity index (χ3n) is 9.54. The van der Waals surface area contributed by atoms with Crippen LogP contribution in [0.1, 0.15) is 75.3 Å². The van der Waals surface area contributed by atoms with E-state index in [1.807, 2.05) is 18.2 Å². The number of methoxy groups -OCH3 is 3. The number of carbonyl (C=O) groups is 1. The molecule has 0 aromatic heterocycles. The minimum atomic E-state index is -0.219. The molecule has 9 heteroatoms. The molecule has 0 radical (unpaired) electrons. The van der Waals surface area contributed by atoms with Gasteiger partial charge in [0.2, 0.25) is 5.91 Å². The molecular weight excluding hydrogens is 585 g/mol. The number of aryl methyl sites for hydroxylation is 1. The Hall–Kier alpha value is -3.43. The first kappa shape index (κ1) is 33.9. The monoisotopic (exact) mass is 635 g/mol. The third kappa shape index (κ3) is 8.68. The molecule has 2 heterocycles. The first-order valence-corrected chi connectivity index (χ1v) is 17.0. The number of carbonyl (C=O) groups excluding carboxylic acids is 1. The van der Waals surface area contributed by atoms with E-state index in [0.717, 1.165) is 106 Å². The smallest absolute Gasteiger partial charge is 0.246 e. The van der Waals surface area contributed by atoms with Gasteiger partial charge in [0.05, 0.1) is 45.2 Å². The van der Waals surface area contributed by atoms with Gasteiger partial charge in [-0.05, 0) is 119 Å². The lowest BCUT2D eigenvalue weighted by Crippen LogP contribution is -2.45. The normalized spacial score (nSPS) is 22.5. The van der Waals surface area contributed by atoms with Gasteiger partial charge in [-0.1, -0.05) is 18.6 Å². The number of unbranched alkanes of at least 4 members (excludes halogenated alkanes) is 2. The topological polar surface area (TPSA) is 81.6 Å². The predicted molar refractivity (Wildman–Crippen MR) is 178 cm³/mol. The van der Waals surface area contributed by atoms with Gasteiger partial charge in [-0.3, -0.25) is 4.79 Å². The number of halogens is 1. The van der Waals surface area contributed by atoms with Crippen molar-refractivity contribution in [3.8, 4) is 17.2 Å². The number of rotatable bonds is 17. The first-order valence-electron chi connectivity index (χ1n) is 17.0. The third-order valence-corrected chi connectivity index (χ3v) is 9.54. The second kappa shape index (κ2) is 16.9. The molecular formula is C37H50FN3O5. The van der Waals surface area contributed by atoms with Crippen LogP contribution in [0.15, 0.2) is 53.7 Å². The standard InChI is InChI=1S/C37H50FN3O5/c1-43-33-19-15-28(38)24-26(33)10-9-11-29-16-17-30(46-29)20-22-39-21-7-4-8-23-41-37(42)32-13-6-5-12-31(32)36(40-41)27-14-18-34(44-2)35(25-27)45-3/h5-6,14-15,18-19,24-25,29-32,39H,4,7-13,16-17,20-23H2,1-3H3. The highest BCUT2D eigenvalue weighted by Gasteiger charge is 2.40. The molecule has 46 heavy (non-hydrogen) atoms. The Morgan fingerprint density at radius 1 is 0.848 bits per heavy atom. The van der Waals surface area contributed by atoms with Crippen LogP contribution >= 0.6 is 0 Å². The summed E-state index contributed by atoms with van der Waals surface area (Å²) in [6.45, 7) is 2.53. The van der Waals surface area contributed by atoms with Crippen molar-refractivity contribution in [3.05, 3.63) is 65.5 Å². The summed E-state index contributed by atoms with van der Waals surface area (Å²) in [4.78, 5) is 13.4. The van der Waals surface area contributed by atoms with Crippen molar-refractivity contribution in [3.63, 3.8) is 0 Å². The average molecular weight is 636 g/mol. The molecule has 1 fully saturated rings. The van der Waals surface area contributed by atoms with Crippen LogP contribution < -0.4 is 19.5 Å². The minimum absolute atomic E-state index is 0.0679. The molecule has 1 saturated heterocycles.